The first-order chi connectivity index (χ1) is 9.18. The summed E-state index contributed by atoms with van der Waals surface area (Å²) >= 11 is 0. The van der Waals surface area contributed by atoms with Crippen LogP contribution in [0, 0.1) is 0 Å². The van der Waals surface area contributed by atoms with E-state index in [9.17, 15) is 4.79 Å². The standard InChI is InChI=1S/C15H31N3O/c1-3-11-18(12-14(19)17-4-2)15(13-16)9-7-5-6-8-10-15/h3-13,16H2,1-2H3,(H,17,19). The van der Waals surface area contributed by atoms with Crippen molar-refractivity contribution < 1.29 is 4.79 Å². The minimum absolute atomic E-state index is 0.0532. The van der Waals surface area contributed by atoms with E-state index in [1.807, 2.05) is 6.92 Å². The van der Waals surface area contributed by atoms with Crippen LogP contribution < -0.4 is 11.1 Å². The van der Waals surface area contributed by atoms with Crippen molar-refractivity contribution in [3.8, 4) is 0 Å². The lowest BCUT2D eigenvalue weighted by molar-refractivity contribution is -0.124. The molecule has 0 spiro atoms. The Morgan fingerprint density at radius 2 is 1.84 bits per heavy atom. The molecule has 0 atom stereocenters. The first-order valence-corrected chi connectivity index (χ1v) is 7.90. The van der Waals surface area contributed by atoms with Gasteiger partial charge in [-0.15, -0.1) is 0 Å². The summed E-state index contributed by atoms with van der Waals surface area (Å²) in [5.41, 5.74) is 6.17. The molecular formula is C15H31N3O. The van der Waals surface area contributed by atoms with E-state index in [4.69, 9.17) is 5.73 Å². The third-order valence-corrected chi connectivity index (χ3v) is 4.29. The average molecular weight is 269 g/mol. The summed E-state index contributed by atoms with van der Waals surface area (Å²) < 4.78 is 0. The van der Waals surface area contributed by atoms with Gasteiger partial charge >= 0.3 is 0 Å². The van der Waals surface area contributed by atoms with Crippen molar-refractivity contribution in [2.75, 3.05) is 26.2 Å². The minimum atomic E-state index is 0.0532. The van der Waals surface area contributed by atoms with Crippen LogP contribution in [0.4, 0.5) is 0 Å². The summed E-state index contributed by atoms with van der Waals surface area (Å²) in [4.78, 5) is 14.3. The maximum absolute atomic E-state index is 11.9. The summed E-state index contributed by atoms with van der Waals surface area (Å²) in [5.74, 6) is 0.132. The Morgan fingerprint density at radius 1 is 1.21 bits per heavy atom. The number of hydrogen-bond acceptors (Lipinski definition) is 3. The molecule has 0 aliphatic heterocycles. The molecule has 0 aromatic carbocycles. The second-order valence-electron chi connectivity index (χ2n) is 5.72. The van der Waals surface area contributed by atoms with Crippen LogP contribution in [0.25, 0.3) is 0 Å². The Balaban J connectivity index is 2.76. The van der Waals surface area contributed by atoms with Crippen LogP contribution in [0.2, 0.25) is 0 Å². The van der Waals surface area contributed by atoms with E-state index in [1.54, 1.807) is 0 Å². The number of amides is 1. The van der Waals surface area contributed by atoms with Crippen LogP contribution in [0.5, 0.6) is 0 Å². The van der Waals surface area contributed by atoms with Gasteiger partial charge in [0.2, 0.25) is 5.91 Å². The van der Waals surface area contributed by atoms with Crippen molar-refractivity contribution in [2.45, 2.75) is 64.3 Å². The summed E-state index contributed by atoms with van der Waals surface area (Å²) in [6.07, 6.45) is 8.46. The highest BCUT2D eigenvalue weighted by molar-refractivity contribution is 5.78. The Labute approximate surface area is 118 Å². The first-order valence-electron chi connectivity index (χ1n) is 7.90. The largest absolute Gasteiger partial charge is 0.355 e. The predicted molar refractivity (Wildman–Crippen MR) is 80.0 cm³/mol. The molecule has 1 amide bonds. The predicted octanol–water partition coefficient (Wildman–Crippen LogP) is 1.89. The van der Waals surface area contributed by atoms with Crippen molar-refractivity contribution in [2.24, 2.45) is 5.73 Å². The number of carbonyl (C=O) groups is 1. The van der Waals surface area contributed by atoms with E-state index in [1.165, 1.54) is 25.7 Å². The van der Waals surface area contributed by atoms with E-state index in [0.717, 1.165) is 25.8 Å². The number of hydrogen-bond donors (Lipinski definition) is 2. The number of nitrogens with one attached hydrogen (secondary N) is 1. The first kappa shape index (κ1) is 16.4. The van der Waals surface area contributed by atoms with Gasteiger partial charge in [0.15, 0.2) is 0 Å². The fraction of sp³-hybridized carbons (Fsp3) is 0.933. The Kier molecular flexibility index (Phi) is 7.39. The molecule has 1 saturated carbocycles. The minimum Gasteiger partial charge on any atom is -0.355 e. The summed E-state index contributed by atoms with van der Waals surface area (Å²) in [6, 6.07) is 0. The fourth-order valence-electron chi connectivity index (χ4n) is 3.22. The maximum Gasteiger partial charge on any atom is 0.234 e. The van der Waals surface area contributed by atoms with Crippen molar-refractivity contribution in [3.05, 3.63) is 0 Å². The number of nitrogens with two attached hydrogens (primary N) is 1. The quantitative estimate of drug-likeness (QED) is 0.694. The lowest BCUT2D eigenvalue weighted by Gasteiger charge is -2.43. The molecule has 1 aliphatic rings. The molecule has 0 bridgehead atoms. The van der Waals surface area contributed by atoms with Gasteiger partial charge in [0, 0.05) is 18.6 Å². The van der Waals surface area contributed by atoms with Gasteiger partial charge in [-0.1, -0.05) is 32.6 Å². The second kappa shape index (κ2) is 8.54. The molecule has 4 heteroatoms. The highest BCUT2D eigenvalue weighted by atomic mass is 16.2. The summed E-state index contributed by atoms with van der Waals surface area (Å²) in [5, 5.41) is 2.91. The second-order valence-corrected chi connectivity index (χ2v) is 5.72. The van der Waals surface area contributed by atoms with Crippen LogP contribution in [0.3, 0.4) is 0 Å². The smallest absolute Gasteiger partial charge is 0.234 e. The number of rotatable bonds is 7. The molecule has 0 radical (unpaired) electrons. The zero-order chi connectivity index (χ0) is 14.1. The van der Waals surface area contributed by atoms with E-state index >= 15 is 0 Å². The molecular weight excluding hydrogens is 238 g/mol. The van der Waals surface area contributed by atoms with Gasteiger partial charge in [0.05, 0.1) is 6.54 Å². The van der Waals surface area contributed by atoms with Crippen molar-refractivity contribution in [1.29, 1.82) is 0 Å². The number of nitrogens with zero attached hydrogens (tertiary/aromatic N) is 1. The van der Waals surface area contributed by atoms with Crippen LogP contribution >= 0.6 is 0 Å². The molecule has 3 N–H and O–H groups in total. The van der Waals surface area contributed by atoms with Crippen molar-refractivity contribution in [1.82, 2.24) is 10.2 Å². The van der Waals surface area contributed by atoms with E-state index < -0.39 is 0 Å². The van der Waals surface area contributed by atoms with Crippen LogP contribution in [0.1, 0.15) is 58.8 Å². The molecule has 0 aromatic rings. The number of likely N-dealkylation sites (N-methyl/N-ethyl adjacent to an activating group) is 1. The van der Waals surface area contributed by atoms with Crippen LogP contribution in [-0.4, -0.2) is 42.5 Å². The Bertz CT molecular complexity index is 260. The highest BCUT2D eigenvalue weighted by Crippen LogP contribution is 2.31. The van der Waals surface area contributed by atoms with Gasteiger partial charge in [-0.3, -0.25) is 9.69 Å². The Morgan fingerprint density at radius 3 is 2.32 bits per heavy atom. The third-order valence-electron chi connectivity index (χ3n) is 4.29. The van der Waals surface area contributed by atoms with Gasteiger partial charge in [-0.25, -0.2) is 0 Å². The monoisotopic (exact) mass is 269 g/mol. The molecule has 0 unspecified atom stereocenters. The average Bonchev–Trinajstić information content (AvgIpc) is 2.65. The molecule has 0 heterocycles. The van der Waals surface area contributed by atoms with Gasteiger partial charge < -0.3 is 11.1 Å². The maximum atomic E-state index is 11.9. The summed E-state index contributed by atoms with van der Waals surface area (Å²) in [6.45, 7) is 6.98. The van der Waals surface area contributed by atoms with E-state index in [2.05, 4.69) is 17.1 Å². The zero-order valence-corrected chi connectivity index (χ0v) is 12.7. The van der Waals surface area contributed by atoms with Gasteiger partial charge in [0.1, 0.15) is 0 Å². The van der Waals surface area contributed by atoms with Gasteiger partial charge in [0.25, 0.3) is 0 Å². The fourth-order valence-corrected chi connectivity index (χ4v) is 3.22. The molecule has 1 aliphatic carbocycles. The lowest BCUT2D eigenvalue weighted by atomic mass is 9.87. The molecule has 0 aromatic heterocycles. The highest BCUT2D eigenvalue weighted by Gasteiger charge is 2.36. The SMILES string of the molecule is CCCN(CC(=O)NCC)C1(CN)CCCCCC1. The van der Waals surface area contributed by atoms with Gasteiger partial charge in [-0.05, 0) is 32.7 Å². The molecule has 1 fully saturated rings. The topological polar surface area (TPSA) is 58.4 Å². The Hall–Kier alpha value is -0.610. The summed E-state index contributed by atoms with van der Waals surface area (Å²) in [7, 11) is 0. The van der Waals surface area contributed by atoms with E-state index in [-0.39, 0.29) is 11.4 Å². The van der Waals surface area contributed by atoms with E-state index in [0.29, 0.717) is 19.6 Å². The third kappa shape index (κ3) is 4.77. The zero-order valence-electron chi connectivity index (χ0n) is 12.7. The van der Waals surface area contributed by atoms with Gasteiger partial charge in [-0.2, -0.15) is 0 Å². The van der Waals surface area contributed by atoms with Crippen LogP contribution in [-0.2, 0) is 4.79 Å². The van der Waals surface area contributed by atoms with Crippen molar-refractivity contribution in [3.63, 3.8) is 0 Å². The molecule has 0 saturated heterocycles. The number of carbonyl (C=O) groups excluding carboxylic acids is 1. The normalized spacial score (nSPS) is 19.2. The molecule has 19 heavy (non-hydrogen) atoms. The van der Waals surface area contributed by atoms with Crippen molar-refractivity contribution >= 4 is 5.91 Å². The van der Waals surface area contributed by atoms with Crippen LogP contribution in [0.15, 0.2) is 0 Å². The lowest BCUT2D eigenvalue weighted by Crippen LogP contribution is -2.56. The molecule has 112 valence electrons. The molecule has 1 rings (SSSR count). The molecule has 4 nitrogen and oxygen atoms in total.